The summed E-state index contributed by atoms with van der Waals surface area (Å²) >= 11 is 0. The fourth-order valence-corrected chi connectivity index (χ4v) is 5.49. The van der Waals surface area contributed by atoms with Crippen LogP contribution in [0.2, 0.25) is 0 Å². The number of aliphatic hydroxyl groups is 1. The molecular weight excluding hydrogens is 484 g/mol. The Labute approximate surface area is 165 Å². The predicted molar refractivity (Wildman–Crippen MR) is 90.6 cm³/mol. The van der Waals surface area contributed by atoms with Crippen LogP contribution in [0.4, 0.5) is 4.39 Å². The van der Waals surface area contributed by atoms with Crippen molar-refractivity contribution in [3.8, 4) is 0 Å². The summed E-state index contributed by atoms with van der Waals surface area (Å²) in [6, 6.07) is 0.867. The largest absolute Gasteiger partial charge is 0.490 e. The molecule has 1 fully saturated rings. The SMILES string of the molecule is CC1(COP(=O)(O)OP(=O)(O)OP(=O)(O)O)OC(n2ccc(=O)[nH]c2=O)C(F)C1O. The zero-order valence-electron chi connectivity index (χ0n) is 14.7. The number of H-pyrrole nitrogens is 1. The van der Waals surface area contributed by atoms with Crippen LogP contribution >= 0.6 is 23.5 Å². The van der Waals surface area contributed by atoms with E-state index in [9.17, 15) is 37.7 Å². The second kappa shape index (κ2) is 8.47. The zero-order valence-corrected chi connectivity index (χ0v) is 17.4. The Morgan fingerprint density at radius 2 is 1.80 bits per heavy atom. The van der Waals surface area contributed by atoms with E-state index in [0.717, 1.165) is 19.2 Å². The number of phosphoric ester groups is 1. The van der Waals surface area contributed by atoms with Crippen LogP contribution in [0, 0.1) is 0 Å². The minimum absolute atomic E-state index is 0.589. The van der Waals surface area contributed by atoms with Crippen LogP contribution < -0.4 is 11.2 Å². The van der Waals surface area contributed by atoms with E-state index < -0.39 is 65.4 Å². The first-order chi connectivity index (χ1) is 13.4. The molecule has 0 bridgehead atoms. The number of ether oxygens (including phenoxy) is 1. The predicted octanol–water partition coefficient (Wildman–Crippen LogP) is -1.13. The van der Waals surface area contributed by atoms with E-state index in [0.29, 0.717) is 4.57 Å². The van der Waals surface area contributed by atoms with Gasteiger partial charge in [-0.2, -0.15) is 8.62 Å². The van der Waals surface area contributed by atoms with Crippen LogP contribution in [-0.4, -0.2) is 58.7 Å². The maximum absolute atomic E-state index is 14.5. The number of nitrogens with zero attached hydrogens (tertiary/aromatic N) is 1. The van der Waals surface area contributed by atoms with E-state index >= 15 is 0 Å². The second-order valence-corrected chi connectivity index (χ2v) is 10.5. The van der Waals surface area contributed by atoms with E-state index in [1.807, 2.05) is 4.98 Å². The van der Waals surface area contributed by atoms with Gasteiger partial charge in [0.1, 0.15) is 11.7 Å². The van der Waals surface area contributed by atoms with Crippen LogP contribution in [0.15, 0.2) is 21.9 Å². The van der Waals surface area contributed by atoms with Crippen LogP contribution in [-0.2, 0) is 31.6 Å². The maximum atomic E-state index is 14.5. The van der Waals surface area contributed by atoms with Gasteiger partial charge >= 0.3 is 29.2 Å². The first-order valence-electron chi connectivity index (χ1n) is 7.54. The number of phosphoric acid groups is 3. The molecule has 1 aliphatic rings. The molecule has 2 heterocycles. The van der Waals surface area contributed by atoms with Crippen LogP contribution in [0.25, 0.3) is 0 Å². The van der Waals surface area contributed by atoms with Crippen molar-refractivity contribution in [2.45, 2.75) is 31.0 Å². The van der Waals surface area contributed by atoms with E-state index in [-0.39, 0.29) is 0 Å². The summed E-state index contributed by atoms with van der Waals surface area (Å²) < 4.78 is 65.3. The number of aromatic amines is 1. The summed E-state index contributed by atoms with van der Waals surface area (Å²) in [4.78, 5) is 60.2. The molecule has 0 radical (unpaired) electrons. The topological polar surface area (TPSA) is 244 Å². The summed E-state index contributed by atoms with van der Waals surface area (Å²) in [5.41, 5.74) is -3.99. The summed E-state index contributed by atoms with van der Waals surface area (Å²) in [6.07, 6.45) is -5.27. The fourth-order valence-electron chi connectivity index (χ4n) is 2.37. The average Bonchev–Trinajstić information content (AvgIpc) is 2.75. The second-order valence-electron chi connectivity index (χ2n) is 6.09. The van der Waals surface area contributed by atoms with Gasteiger partial charge in [-0.3, -0.25) is 18.9 Å². The summed E-state index contributed by atoms with van der Waals surface area (Å²) in [5, 5.41) is 10.1. The van der Waals surface area contributed by atoms with Crippen molar-refractivity contribution in [1.82, 2.24) is 9.55 Å². The molecule has 0 spiro atoms. The third-order valence-corrected chi connectivity index (χ3v) is 7.43. The van der Waals surface area contributed by atoms with Gasteiger partial charge in [-0.1, -0.05) is 0 Å². The highest BCUT2D eigenvalue weighted by Gasteiger charge is 2.55. The molecule has 1 aliphatic heterocycles. The van der Waals surface area contributed by atoms with Gasteiger partial charge in [0, 0.05) is 12.3 Å². The molecular formula is C10H16FN2O14P3. The van der Waals surface area contributed by atoms with Crippen LogP contribution in [0.1, 0.15) is 13.2 Å². The number of hydrogen-bond donors (Lipinski definition) is 6. The minimum atomic E-state index is -5.78. The van der Waals surface area contributed by atoms with Crippen molar-refractivity contribution in [3.63, 3.8) is 0 Å². The van der Waals surface area contributed by atoms with Crippen molar-refractivity contribution < 1.29 is 60.6 Å². The monoisotopic (exact) mass is 500 g/mol. The third kappa shape index (κ3) is 6.23. The Morgan fingerprint density at radius 1 is 1.20 bits per heavy atom. The number of hydrogen-bond acceptors (Lipinski definition) is 10. The lowest BCUT2D eigenvalue weighted by Crippen LogP contribution is -2.43. The molecule has 0 amide bonds. The van der Waals surface area contributed by atoms with Gasteiger partial charge in [0.2, 0.25) is 0 Å². The molecule has 30 heavy (non-hydrogen) atoms. The first-order valence-corrected chi connectivity index (χ1v) is 12.1. The van der Waals surface area contributed by atoms with Crippen LogP contribution in [0.5, 0.6) is 0 Å². The van der Waals surface area contributed by atoms with Crippen molar-refractivity contribution in [1.29, 1.82) is 0 Å². The van der Waals surface area contributed by atoms with E-state index in [1.54, 1.807) is 0 Å². The lowest BCUT2D eigenvalue weighted by atomic mass is 9.99. The number of halogens is 1. The van der Waals surface area contributed by atoms with Crippen molar-refractivity contribution in [3.05, 3.63) is 33.1 Å². The van der Waals surface area contributed by atoms with Crippen molar-refractivity contribution in [2.75, 3.05) is 6.61 Å². The molecule has 1 saturated heterocycles. The highest BCUT2D eigenvalue weighted by Crippen LogP contribution is 2.66. The summed E-state index contributed by atoms with van der Waals surface area (Å²) in [7, 11) is -16.9. The number of aromatic nitrogens is 2. The Hall–Kier alpha value is -1.06. The first kappa shape index (κ1) is 25.2. The molecule has 6 atom stereocenters. The molecule has 20 heteroatoms. The number of rotatable bonds is 8. The highest BCUT2D eigenvalue weighted by molar-refractivity contribution is 7.66. The zero-order chi connectivity index (χ0) is 23.1. The van der Waals surface area contributed by atoms with E-state index in [2.05, 4.69) is 13.1 Å². The molecule has 172 valence electrons. The Balaban J connectivity index is 2.15. The lowest BCUT2D eigenvalue weighted by molar-refractivity contribution is -0.115. The molecule has 0 saturated carbocycles. The Morgan fingerprint density at radius 3 is 2.33 bits per heavy atom. The third-order valence-electron chi connectivity index (χ3n) is 3.65. The minimum Gasteiger partial charge on any atom is -0.387 e. The molecule has 1 aromatic heterocycles. The number of aliphatic hydroxyl groups excluding tert-OH is 1. The highest BCUT2D eigenvalue weighted by atomic mass is 31.3. The summed E-state index contributed by atoms with van der Waals surface area (Å²) in [6.45, 7) is -0.168. The standard InChI is InChI=1S/C10H16FN2O14P3/c1-10(4-24-29(20,21)27-30(22,23)26-28(17,18)19)7(15)6(11)8(25-10)13-3-2-5(14)12-9(13)16/h2-3,6-8,15H,4H2,1H3,(H,20,21)(H,22,23)(H,12,14,16)(H2,17,18,19). The van der Waals surface area contributed by atoms with E-state index in [4.69, 9.17) is 19.4 Å². The van der Waals surface area contributed by atoms with Crippen molar-refractivity contribution >= 4 is 23.5 Å². The van der Waals surface area contributed by atoms with E-state index in [1.165, 1.54) is 0 Å². The molecule has 1 aromatic rings. The van der Waals surface area contributed by atoms with Gasteiger partial charge in [0.25, 0.3) is 5.56 Å². The van der Waals surface area contributed by atoms with Gasteiger partial charge in [-0.15, -0.1) is 0 Å². The fraction of sp³-hybridized carbons (Fsp3) is 0.600. The molecule has 6 N–H and O–H groups in total. The quantitative estimate of drug-likeness (QED) is 0.231. The summed E-state index contributed by atoms with van der Waals surface area (Å²) in [5.74, 6) is 0. The van der Waals surface area contributed by atoms with Crippen LogP contribution in [0.3, 0.4) is 0 Å². The lowest BCUT2D eigenvalue weighted by Gasteiger charge is -2.27. The number of nitrogens with one attached hydrogen (secondary N) is 1. The molecule has 6 unspecified atom stereocenters. The average molecular weight is 500 g/mol. The normalized spacial score (nSPS) is 31.2. The van der Waals surface area contributed by atoms with Crippen molar-refractivity contribution in [2.24, 2.45) is 0 Å². The van der Waals surface area contributed by atoms with Gasteiger partial charge in [0.05, 0.1) is 6.61 Å². The smallest absolute Gasteiger partial charge is 0.387 e. The number of alkyl halides is 1. The molecule has 0 aliphatic carbocycles. The molecule has 16 nitrogen and oxygen atoms in total. The van der Waals surface area contributed by atoms with Gasteiger partial charge in [-0.25, -0.2) is 22.9 Å². The maximum Gasteiger partial charge on any atom is 0.490 e. The Kier molecular flexibility index (Phi) is 7.11. The van der Waals surface area contributed by atoms with Gasteiger partial charge < -0.3 is 29.4 Å². The Bertz CT molecular complexity index is 1050. The molecule has 2 rings (SSSR count). The van der Waals surface area contributed by atoms with Gasteiger partial charge in [-0.05, 0) is 6.92 Å². The molecule has 0 aromatic carbocycles. The van der Waals surface area contributed by atoms with Gasteiger partial charge in [0.15, 0.2) is 12.4 Å².